The monoisotopic (exact) mass is 1310 g/mol. The summed E-state index contributed by atoms with van der Waals surface area (Å²) in [6.07, 6.45) is 0. The quantitative estimate of drug-likeness (QED) is 0.146. The lowest BCUT2D eigenvalue weighted by Gasteiger charge is -2.12. The van der Waals surface area contributed by atoms with Crippen molar-refractivity contribution in [2.45, 2.75) is 83.1 Å². The third-order valence-corrected chi connectivity index (χ3v) is 19.7. The molecule has 0 aliphatic heterocycles. The van der Waals surface area contributed by atoms with Crippen LogP contribution in [0, 0.1) is 83.1 Å². The van der Waals surface area contributed by atoms with E-state index < -0.39 is 0 Å². The first-order valence-electron chi connectivity index (χ1n) is 35.8. The van der Waals surface area contributed by atoms with Crippen LogP contribution in [-0.2, 0) is 0 Å². The van der Waals surface area contributed by atoms with E-state index in [4.69, 9.17) is 0 Å². The van der Waals surface area contributed by atoms with Crippen LogP contribution >= 0.6 is 0 Å². The molecule has 0 aliphatic rings. The molecular weight excluding hydrogens is 1230 g/mol. The Morgan fingerprint density at radius 1 is 0.118 bits per heavy atom. The summed E-state index contributed by atoms with van der Waals surface area (Å²) in [6.45, 7) is 25.8. The van der Waals surface area contributed by atoms with Gasteiger partial charge in [0.15, 0.2) is 0 Å². The van der Waals surface area contributed by atoms with Gasteiger partial charge in [-0.05, 0) is 260 Å². The molecule has 0 spiro atoms. The third kappa shape index (κ3) is 15.8. The summed E-state index contributed by atoms with van der Waals surface area (Å²) in [6, 6.07) is 119. The SMILES string of the molecule is Cc1cc(-c2ccccc2C)cc(-c2ccccc2C)c1.Cc1ccc(-c2cc(C)cc(-c3ccc(C)cc3)c2)cc1.Cc1ccc2c3ccc(C)cc3c3ccccc3c2c1.Cc1ccc2c3ccccc3c3ccccc3c2c1.Cc1cccc(-c2cc(C)cc(-c3cccc(C)c3)c2)c1. The number of benzene rings is 17. The van der Waals surface area contributed by atoms with E-state index in [2.05, 4.69) is 411 Å². The second kappa shape index (κ2) is 30.8. The minimum Gasteiger partial charge on any atom is -0.0620 e. The fourth-order valence-corrected chi connectivity index (χ4v) is 14.5. The standard InChI is InChI=1S/3C21H20.C20H16.C19H14/c1-15-4-8-18(9-5-15)20-12-17(3)13-21(14-20)19-10-6-16(2)7-11-19;1-15-6-4-8-18(10-15)20-12-17(3)13-21(14-20)19-9-5-7-16(2)11-19;1-15-12-18(20-10-6-4-8-16(20)2)14-19(13-15)21-11-7-5-9-17(21)3;1-13-7-9-17-18-10-8-14(2)12-20(18)16-6-4-3-5-15(16)19(17)11-13;1-13-10-11-18-16-8-3-2-6-14(16)15-7-4-5-9-17(15)19(18)12-13/h3*4-14H,1-3H3;3-12H,1-2H3;2-12H,1H3. The Hall–Kier alpha value is -11.7. The van der Waals surface area contributed by atoms with Crippen LogP contribution < -0.4 is 0 Å². The second-order valence-corrected chi connectivity index (χ2v) is 28.1. The van der Waals surface area contributed by atoms with E-state index in [1.54, 1.807) is 0 Å². The van der Waals surface area contributed by atoms with Crippen LogP contribution in [0.1, 0.15) is 66.8 Å². The van der Waals surface area contributed by atoms with E-state index in [1.165, 1.54) is 198 Å². The summed E-state index contributed by atoms with van der Waals surface area (Å²) in [5.41, 5.74) is 31.1. The molecule has 0 saturated heterocycles. The fraction of sp³-hybridized carbons (Fsp3) is 0.118. The van der Waals surface area contributed by atoms with Crippen molar-refractivity contribution >= 4 is 64.6 Å². The molecule has 0 aliphatic carbocycles. The highest BCUT2D eigenvalue weighted by Crippen LogP contribution is 2.39. The molecule has 17 rings (SSSR count). The van der Waals surface area contributed by atoms with Crippen molar-refractivity contribution in [1.29, 1.82) is 0 Å². The van der Waals surface area contributed by atoms with Gasteiger partial charge in [0.2, 0.25) is 0 Å². The van der Waals surface area contributed by atoms with E-state index >= 15 is 0 Å². The maximum atomic E-state index is 2.30. The lowest BCUT2D eigenvalue weighted by Crippen LogP contribution is -1.88. The first-order chi connectivity index (χ1) is 49.5. The van der Waals surface area contributed by atoms with Gasteiger partial charge in [0, 0.05) is 0 Å². The number of rotatable bonds is 6. The normalized spacial score (nSPS) is 10.9. The Balaban J connectivity index is 0.000000114. The summed E-state index contributed by atoms with van der Waals surface area (Å²) >= 11 is 0. The number of hydrogen-bond acceptors (Lipinski definition) is 0. The van der Waals surface area contributed by atoms with Crippen LogP contribution in [0.3, 0.4) is 0 Å². The van der Waals surface area contributed by atoms with Gasteiger partial charge in [-0.3, -0.25) is 0 Å². The van der Waals surface area contributed by atoms with E-state index in [9.17, 15) is 0 Å². The van der Waals surface area contributed by atoms with Crippen molar-refractivity contribution in [1.82, 2.24) is 0 Å². The van der Waals surface area contributed by atoms with Crippen LogP contribution in [-0.4, -0.2) is 0 Å². The highest BCUT2D eigenvalue weighted by Gasteiger charge is 2.13. The molecule has 0 heteroatoms. The first-order valence-corrected chi connectivity index (χ1v) is 35.8. The van der Waals surface area contributed by atoms with Gasteiger partial charge in [-0.15, -0.1) is 0 Å². The number of aryl methyl sites for hydroxylation is 12. The average Bonchev–Trinajstić information content (AvgIpc) is 0.750. The first kappa shape index (κ1) is 68.8. The number of fused-ring (bicyclic) bond motifs is 12. The third-order valence-electron chi connectivity index (χ3n) is 19.7. The zero-order valence-electron chi connectivity index (χ0n) is 61.2. The minimum absolute atomic E-state index is 1.28. The molecule has 0 unspecified atom stereocenters. The Labute approximate surface area is 604 Å². The molecule has 0 amide bonds. The fourth-order valence-electron chi connectivity index (χ4n) is 14.5. The maximum Gasteiger partial charge on any atom is -0.00963 e. The van der Waals surface area contributed by atoms with Gasteiger partial charge in [-0.2, -0.15) is 0 Å². The van der Waals surface area contributed by atoms with Crippen molar-refractivity contribution in [2.24, 2.45) is 0 Å². The molecule has 17 aromatic carbocycles. The highest BCUT2D eigenvalue weighted by atomic mass is 14.2. The molecule has 0 N–H and O–H groups in total. The zero-order valence-corrected chi connectivity index (χ0v) is 61.2. The van der Waals surface area contributed by atoms with E-state index in [-0.39, 0.29) is 0 Å². The lowest BCUT2D eigenvalue weighted by molar-refractivity contribution is 1.40. The molecule has 0 aromatic heterocycles. The molecule has 0 fully saturated rings. The van der Waals surface area contributed by atoms with Crippen LogP contribution in [0.4, 0.5) is 0 Å². The largest absolute Gasteiger partial charge is 0.0620 e. The van der Waals surface area contributed by atoms with Gasteiger partial charge in [-0.1, -0.05) is 348 Å². The van der Waals surface area contributed by atoms with E-state index in [1.807, 2.05) is 0 Å². The van der Waals surface area contributed by atoms with E-state index in [0.717, 1.165) is 0 Å². The molecule has 0 radical (unpaired) electrons. The molecule has 0 atom stereocenters. The predicted octanol–water partition coefficient (Wildman–Crippen LogP) is 29.1. The maximum absolute atomic E-state index is 2.30. The smallest absolute Gasteiger partial charge is 0.00963 e. The Morgan fingerprint density at radius 2 is 0.353 bits per heavy atom. The van der Waals surface area contributed by atoms with Crippen molar-refractivity contribution in [3.05, 3.63) is 394 Å². The topological polar surface area (TPSA) is 0 Å². The second-order valence-electron chi connectivity index (χ2n) is 28.1. The van der Waals surface area contributed by atoms with Gasteiger partial charge in [0.05, 0.1) is 0 Å². The van der Waals surface area contributed by atoms with E-state index in [0.29, 0.717) is 0 Å². The summed E-state index contributed by atoms with van der Waals surface area (Å²) in [5, 5.41) is 16.2. The van der Waals surface area contributed by atoms with Crippen molar-refractivity contribution < 1.29 is 0 Å². The van der Waals surface area contributed by atoms with Crippen LogP contribution in [0.15, 0.2) is 328 Å². The molecule has 498 valence electrons. The summed E-state index contributed by atoms with van der Waals surface area (Å²) < 4.78 is 0. The van der Waals surface area contributed by atoms with Gasteiger partial charge in [-0.25, -0.2) is 0 Å². The Morgan fingerprint density at radius 3 is 0.667 bits per heavy atom. The summed E-state index contributed by atoms with van der Waals surface area (Å²) in [5.74, 6) is 0. The predicted molar refractivity (Wildman–Crippen MR) is 447 cm³/mol. The minimum atomic E-state index is 1.28. The molecule has 0 bridgehead atoms. The van der Waals surface area contributed by atoms with Gasteiger partial charge >= 0.3 is 0 Å². The summed E-state index contributed by atoms with van der Waals surface area (Å²) in [4.78, 5) is 0. The molecule has 17 aromatic rings. The van der Waals surface area contributed by atoms with Gasteiger partial charge in [0.25, 0.3) is 0 Å². The van der Waals surface area contributed by atoms with Gasteiger partial charge < -0.3 is 0 Å². The van der Waals surface area contributed by atoms with Crippen LogP contribution in [0.2, 0.25) is 0 Å². The van der Waals surface area contributed by atoms with Gasteiger partial charge in [0.1, 0.15) is 0 Å². The van der Waals surface area contributed by atoms with Crippen molar-refractivity contribution in [3.8, 4) is 66.8 Å². The highest BCUT2D eigenvalue weighted by molar-refractivity contribution is 6.26. The molecule has 0 heterocycles. The molecule has 0 saturated carbocycles. The zero-order chi connectivity index (χ0) is 71.0. The average molecular weight is 1320 g/mol. The van der Waals surface area contributed by atoms with Crippen LogP contribution in [0.25, 0.3) is 131 Å². The molecule has 102 heavy (non-hydrogen) atoms. The van der Waals surface area contributed by atoms with Crippen molar-refractivity contribution in [2.75, 3.05) is 0 Å². The molecular formula is C102H90. The lowest BCUT2D eigenvalue weighted by atomic mass is 9.93. The van der Waals surface area contributed by atoms with Crippen molar-refractivity contribution in [3.63, 3.8) is 0 Å². The number of hydrogen-bond donors (Lipinski definition) is 0. The Bertz CT molecular complexity index is 5550. The van der Waals surface area contributed by atoms with Crippen LogP contribution in [0.5, 0.6) is 0 Å². The Kier molecular flexibility index (Phi) is 20.8. The summed E-state index contributed by atoms with van der Waals surface area (Å²) in [7, 11) is 0. The molecule has 0 nitrogen and oxygen atoms in total.